The lowest BCUT2D eigenvalue weighted by Crippen LogP contribution is -2.12. The molecule has 19 heavy (non-hydrogen) atoms. The maximum absolute atomic E-state index is 11.3. The van der Waals surface area contributed by atoms with Crippen molar-refractivity contribution >= 4 is 5.97 Å². The second kappa shape index (κ2) is 11.1. The molecule has 0 heterocycles. The molecule has 2 heteroatoms. The Morgan fingerprint density at radius 1 is 1.16 bits per heavy atom. The molecular weight excluding hydrogens is 236 g/mol. The van der Waals surface area contributed by atoms with E-state index in [1.165, 1.54) is 19.3 Å². The predicted molar refractivity (Wildman–Crippen MR) is 82.1 cm³/mol. The molecule has 0 aliphatic rings. The van der Waals surface area contributed by atoms with Crippen LogP contribution < -0.4 is 0 Å². The van der Waals surface area contributed by atoms with E-state index >= 15 is 0 Å². The van der Waals surface area contributed by atoms with Crippen molar-refractivity contribution in [2.24, 2.45) is 11.8 Å². The van der Waals surface area contributed by atoms with Gasteiger partial charge in [-0.15, -0.1) is 0 Å². The van der Waals surface area contributed by atoms with Crippen molar-refractivity contribution in [1.29, 1.82) is 0 Å². The molecule has 0 bridgehead atoms. The minimum atomic E-state index is -0.0954. The highest BCUT2D eigenvalue weighted by atomic mass is 16.5. The summed E-state index contributed by atoms with van der Waals surface area (Å²) in [6.07, 6.45) is 10.4. The molecule has 1 unspecified atom stereocenters. The van der Waals surface area contributed by atoms with Crippen molar-refractivity contribution in [2.45, 2.75) is 79.2 Å². The van der Waals surface area contributed by atoms with Gasteiger partial charge in [-0.1, -0.05) is 53.0 Å². The summed E-state index contributed by atoms with van der Waals surface area (Å²) in [7, 11) is 0. The molecule has 0 aromatic carbocycles. The number of rotatable bonds is 10. The topological polar surface area (TPSA) is 26.3 Å². The molecule has 0 aromatic heterocycles. The Labute approximate surface area is 119 Å². The summed E-state index contributed by atoms with van der Waals surface area (Å²) >= 11 is 0. The number of esters is 1. The van der Waals surface area contributed by atoms with Gasteiger partial charge >= 0.3 is 5.97 Å². The summed E-state index contributed by atoms with van der Waals surface area (Å²) in [5.74, 6) is 1.43. The molecule has 2 nitrogen and oxygen atoms in total. The SMILES string of the molecule is CCCC(=O)OC(C)C=CC[C@H](C)CCCC(C)C. The zero-order valence-corrected chi connectivity index (χ0v) is 13.4. The second-order valence-corrected chi connectivity index (χ2v) is 6.04. The number of allylic oxidation sites excluding steroid dienone is 1. The van der Waals surface area contributed by atoms with Crippen molar-refractivity contribution in [1.82, 2.24) is 0 Å². The summed E-state index contributed by atoms with van der Waals surface area (Å²) in [5.41, 5.74) is 0. The lowest BCUT2D eigenvalue weighted by atomic mass is 9.97. The average molecular weight is 268 g/mol. The van der Waals surface area contributed by atoms with Crippen molar-refractivity contribution in [2.75, 3.05) is 0 Å². The first-order chi connectivity index (χ1) is 8.95. The normalized spacial score (nSPS) is 14.8. The third-order valence-electron chi connectivity index (χ3n) is 3.20. The van der Waals surface area contributed by atoms with E-state index in [4.69, 9.17) is 4.74 Å². The highest BCUT2D eigenvalue weighted by Gasteiger charge is 2.05. The third-order valence-corrected chi connectivity index (χ3v) is 3.20. The van der Waals surface area contributed by atoms with Gasteiger partial charge in [0.15, 0.2) is 0 Å². The molecular formula is C17H32O2. The van der Waals surface area contributed by atoms with E-state index in [9.17, 15) is 4.79 Å². The van der Waals surface area contributed by atoms with Gasteiger partial charge in [-0.3, -0.25) is 4.79 Å². The molecule has 0 saturated heterocycles. The van der Waals surface area contributed by atoms with E-state index in [0.29, 0.717) is 12.3 Å². The van der Waals surface area contributed by atoms with E-state index in [2.05, 4.69) is 26.8 Å². The van der Waals surface area contributed by atoms with Gasteiger partial charge in [0.25, 0.3) is 0 Å². The first kappa shape index (κ1) is 18.2. The summed E-state index contributed by atoms with van der Waals surface area (Å²) in [6, 6.07) is 0. The van der Waals surface area contributed by atoms with Gasteiger partial charge in [-0.2, -0.15) is 0 Å². The van der Waals surface area contributed by atoms with Gasteiger partial charge < -0.3 is 4.74 Å². The van der Waals surface area contributed by atoms with Gasteiger partial charge in [-0.25, -0.2) is 0 Å². The van der Waals surface area contributed by atoms with Crippen LogP contribution in [0, 0.1) is 11.8 Å². The Morgan fingerprint density at radius 3 is 2.42 bits per heavy atom. The molecule has 0 aliphatic heterocycles. The molecule has 0 aromatic rings. The Balaban J connectivity index is 3.72. The van der Waals surface area contributed by atoms with Gasteiger partial charge in [0.05, 0.1) is 0 Å². The van der Waals surface area contributed by atoms with Crippen LogP contribution in [0.15, 0.2) is 12.2 Å². The van der Waals surface area contributed by atoms with Gasteiger partial charge in [0.2, 0.25) is 0 Å². The van der Waals surface area contributed by atoms with Crippen molar-refractivity contribution in [3.63, 3.8) is 0 Å². The third kappa shape index (κ3) is 12.0. The Morgan fingerprint density at radius 2 is 1.84 bits per heavy atom. The molecule has 0 radical (unpaired) electrons. The maximum Gasteiger partial charge on any atom is 0.306 e. The van der Waals surface area contributed by atoms with Crippen LogP contribution in [0.2, 0.25) is 0 Å². The Kier molecular flexibility index (Phi) is 10.6. The van der Waals surface area contributed by atoms with Crippen LogP contribution in [0.4, 0.5) is 0 Å². The standard InChI is InChI=1S/C17H32O2/c1-6-9-17(18)19-16(5)13-8-12-15(4)11-7-10-14(2)3/h8,13-16H,6-7,9-12H2,1-5H3/t15-,16?/m1/s1. The number of carbonyl (C=O) groups excluding carboxylic acids is 1. The van der Waals surface area contributed by atoms with E-state index < -0.39 is 0 Å². The van der Waals surface area contributed by atoms with E-state index in [1.54, 1.807) is 0 Å². The van der Waals surface area contributed by atoms with Crippen LogP contribution in [0.25, 0.3) is 0 Å². The van der Waals surface area contributed by atoms with Crippen LogP contribution >= 0.6 is 0 Å². The largest absolute Gasteiger partial charge is 0.458 e. The summed E-state index contributed by atoms with van der Waals surface area (Å²) in [4.78, 5) is 11.3. The Bertz CT molecular complexity index is 256. The van der Waals surface area contributed by atoms with E-state index in [0.717, 1.165) is 18.8 Å². The first-order valence-corrected chi connectivity index (χ1v) is 7.81. The number of hydrogen-bond acceptors (Lipinski definition) is 2. The molecule has 0 N–H and O–H groups in total. The molecule has 0 rings (SSSR count). The molecule has 0 saturated carbocycles. The minimum absolute atomic E-state index is 0.0929. The van der Waals surface area contributed by atoms with Crippen molar-refractivity contribution < 1.29 is 9.53 Å². The van der Waals surface area contributed by atoms with Crippen LogP contribution in [0.5, 0.6) is 0 Å². The molecule has 0 fully saturated rings. The van der Waals surface area contributed by atoms with Crippen molar-refractivity contribution in [3.8, 4) is 0 Å². The molecule has 2 atom stereocenters. The van der Waals surface area contributed by atoms with Gasteiger partial charge in [0, 0.05) is 6.42 Å². The fourth-order valence-electron chi connectivity index (χ4n) is 2.00. The van der Waals surface area contributed by atoms with Gasteiger partial charge in [-0.05, 0) is 37.7 Å². The van der Waals surface area contributed by atoms with Crippen LogP contribution in [-0.4, -0.2) is 12.1 Å². The number of ether oxygens (including phenoxy) is 1. The monoisotopic (exact) mass is 268 g/mol. The van der Waals surface area contributed by atoms with Crippen LogP contribution in [0.3, 0.4) is 0 Å². The lowest BCUT2D eigenvalue weighted by Gasteiger charge is -2.11. The first-order valence-electron chi connectivity index (χ1n) is 7.81. The highest BCUT2D eigenvalue weighted by molar-refractivity contribution is 5.69. The highest BCUT2D eigenvalue weighted by Crippen LogP contribution is 2.15. The van der Waals surface area contributed by atoms with Crippen LogP contribution in [0.1, 0.15) is 73.1 Å². The van der Waals surface area contributed by atoms with Gasteiger partial charge in [0.1, 0.15) is 6.10 Å². The van der Waals surface area contributed by atoms with E-state index in [-0.39, 0.29) is 12.1 Å². The predicted octanol–water partition coefficient (Wildman–Crippen LogP) is 5.13. The fourth-order valence-corrected chi connectivity index (χ4v) is 2.00. The zero-order valence-electron chi connectivity index (χ0n) is 13.4. The summed E-state index contributed by atoms with van der Waals surface area (Å²) < 4.78 is 5.26. The molecule has 0 amide bonds. The number of carbonyl (C=O) groups is 1. The molecule has 0 aliphatic carbocycles. The van der Waals surface area contributed by atoms with E-state index in [1.807, 2.05) is 19.9 Å². The average Bonchev–Trinajstić information content (AvgIpc) is 2.28. The smallest absolute Gasteiger partial charge is 0.306 e. The maximum atomic E-state index is 11.3. The fraction of sp³-hybridized carbons (Fsp3) is 0.824. The minimum Gasteiger partial charge on any atom is -0.458 e. The summed E-state index contributed by atoms with van der Waals surface area (Å²) in [6.45, 7) is 10.8. The molecule has 112 valence electrons. The zero-order chi connectivity index (χ0) is 14.7. The van der Waals surface area contributed by atoms with Crippen molar-refractivity contribution in [3.05, 3.63) is 12.2 Å². The lowest BCUT2D eigenvalue weighted by molar-refractivity contribution is -0.146. The quantitative estimate of drug-likeness (QED) is 0.405. The molecule has 0 spiro atoms. The van der Waals surface area contributed by atoms with Crippen LogP contribution in [-0.2, 0) is 9.53 Å². The second-order valence-electron chi connectivity index (χ2n) is 6.04. The Hall–Kier alpha value is -0.790. The summed E-state index contributed by atoms with van der Waals surface area (Å²) in [5, 5.41) is 0. The number of hydrogen-bond donors (Lipinski definition) is 0.